The zero-order valence-electron chi connectivity index (χ0n) is 16.5. The van der Waals surface area contributed by atoms with Crippen molar-refractivity contribution in [1.29, 1.82) is 0 Å². The van der Waals surface area contributed by atoms with Gasteiger partial charge in [0, 0.05) is 27.0 Å². The van der Waals surface area contributed by atoms with Crippen LogP contribution in [0.2, 0.25) is 10.0 Å². The van der Waals surface area contributed by atoms with Crippen molar-refractivity contribution >= 4 is 69.6 Å². The normalized spacial score (nSPS) is 13.5. The highest BCUT2D eigenvalue weighted by Crippen LogP contribution is 2.31. The molecule has 3 aromatic rings. The second kappa shape index (κ2) is 9.23. The summed E-state index contributed by atoms with van der Waals surface area (Å²) in [5.74, 6) is -2.78. The molecule has 0 spiro atoms. The number of rotatable bonds is 5. The zero-order chi connectivity index (χ0) is 23.7. The van der Waals surface area contributed by atoms with Gasteiger partial charge in [0.05, 0.1) is 5.69 Å². The third kappa shape index (κ3) is 4.71. The van der Waals surface area contributed by atoms with Crippen LogP contribution in [0.25, 0.3) is 0 Å². The number of nitrogens with zero attached hydrogens (tertiary/aromatic N) is 1. The maximum Gasteiger partial charge on any atom is 0.283 e. The number of nitrogens with one attached hydrogen (secondary N) is 2. The monoisotopic (exact) mass is 503 g/mol. The Hall–Kier alpha value is -3.39. The van der Waals surface area contributed by atoms with Crippen molar-refractivity contribution < 1.29 is 18.8 Å². The maximum atomic E-state index is 14.1. The van der Waals surface area contributed by atoms with E-state index in [1.807, 2.05) is 0 Å². The van der Waals surface area contributed by atoms with Crippen LogP contribution in [-0.2, 0) is 9.59 Å². The van der Waals surface area contributed by atoms with Crippen LogP contribution in [0, 0.1) is 5.82 Å². The minimum Gasteiger partial charge on any atom is -0.350 e. The summed E-state index contributed by atoms with van der Waals surface area (Å²) < 4.78 is 14.1. The molecule has 0 saturated heterocycles. The quantitative estimate of drug-likeness (QED) is 0.429. The number of halogens is 4. The van der Waals surface area contributed by atoms with Crippen molar-refractivity contribution in [2.45, 2.75) is 0 Å². The number of anilines is 3. The summed E-state index contributed by atoms with van der Waals surface area (Å²) in [6.45, 7) is 0. The van der Waals surface area contributed by atoms with Crippen molar-refractivity contribution in [2.24, 2.45) is 0 Å². The molecule has 2 N–H and O–H groups in total. The predicted molar refractivity (Wildman–Crippen MR) is 126 cm³/mol. The minimum absolute atomic E-state index is 0.198. The van der Waals surface area contributed by atoms with E-state index in [1.54, 1.807) is 18.2 Å². The second-order valence-electron chi connectivity index (χ2n) is 6.90. The average molecular weight is 505 g/mol. The lowest BCUT2D eigenvalue weighted by atomic mass is 10.2. The lowest BCUT2D eigenvalue weighted by molar-refractivity contribution is -0.120. The predicted octanol–water partition coefficient (Wildman–Crippen LogP) is 5.82. The van der Waals surface area contributed by atoms with E-state index in [9.17, 15) is 18.8 Å². The highest BCUT2D eigenvalue weighted by molar-refractivity contribution is 6.53. The van der Waals surface area contributed by atoms with E-state index in [0.717, 1.165) is 6.07 Å². The fourth-order valence-electron chi connectivity index (χ4n) is 3.14. The maximum absolute atomic E-state index is 14.1. The van der Waals surface area contributed by atoms with Gasteiger partial charge in [-0.3, -0.25) is 14.4 Å². The number of benzene rings is 3. The molecule has 0 fully saturated rings. The molecule has 0 aromatic heterocycles. The van der Waals surface area contributed by atoms with Gasteiger partial charge in [0.1, 0.15) is 16.5 Å². The van der Waals surface area contributed by atoms with E-state index in [1.165, 1.54) is 42.5 Å². The molecule has 4 rings (SSSR count). The molecule has 10 heteroatoms. The van der Waals surface area contributed by atoms with Gasteiger partial charge in [-0.1, -0.05) is 46.9 Å². The number of hydrogen-bond acceptors (Lipinski definition) is 4. The number of para-hydroxylation sites is 1. The molecule has 0 aliphatic carbocycles. The van der Waals surface area contributed by atoms with E-state index in [2.05, 4.69) is 10.6 Å². The molecular formula is C23H13Cl3FN3O3. The van der Waals surface area contributed by atoms with Gasteiger partial charge in [0.2, 0.25) is 0 Å². The van der Waals surface area contributed by atoms with Crippen LogP contribution in [0.4, 0.5) is 21.5 Å². The summed E-state index contributed by atoms with van der Waals surface area (Å²) in [6.07, 6.45) is 0. The Morgan fingerprint density at radius 3 is 2.09 bits per heavy atom. The lowest BCUT2D eigenvalue weighted by Crippen LogP contribution is -2.33. The molecule has 3 amide bonds. The van der Waals surface area contributed by atoms with Crippen molar-refractivity contribution in [2.75, 3.05) is 15.5 Å². The SMILES string of the molecule is O=C(Nc1cc(Cl)cc(Cl)c1)c1ccc(NC2=C(Cl)C(=O)N(c3ccccc3F)C2=O)cc1. The second-order valence-corrected chi connectivity index (χ2v) is 8.15. The molecule has 33 heavy (non-hydrogen) atoms. The first kappa shape index (κ1) is 22.8. The van der Waals surface area contributed by atoms with Crippen LogP contribution in [0.5, 0.6) is 0 Å². The Morgan fingerprint density at radius 1 is 0.818 bits per heavy atom. The van der Waals surface area contributed by atoms with E-state index in [4.69, 9.17) is 34.8 Å². The van der Waals surface area contributed by atoms with Crippen LogP contribution in [0.15, 0.2) is 77.5 Å². The summed E-state index contributed by atoms with van der Waals surface area (Å²) in [5.41, 5.74) is 0.742. The van der Waals surface area contributed by atoms with Gasteiger partial charge in [-0.05, 0) is 54.6 Å². The summed E-state index contributed by atoms with van der Waals surface area (Å²) >= 11 is 17.9. The Labute approximate surface area is 202 Å². The standard InChI is InChI=1S/C23H13Cl3FN3O3/c24-13-9-14(25)11-16(10-13)29-21(31)12-5-7-15(8-6-12)28-20-19(26)22(32)30(23(20)33)18-4-2-1-3-17(18)27/h1-11,28H,(H,29,31). The van der Waals surface area contributed by atoms with Gasteiger partial charge in [0.15, 0.2) is 0 Å². The molecule has 1 aliphatic rings. The third-order valence-corrected chi connectivity index (χ3v) is 5.44. The van der Waals surface area contributed by atoms with E-state index in [-0.39, 0.29) is 16.4 Å². The number of imide groups is 1. The van der Waals surface area contributed by atoms with Gasteiger partial charge in [-0.2, -0.15) is 0 Å². The summed E-state index contributed by atoms with van der Waals surface area (Å²) in [4.78, 5) is 38.4. The molecule has 0 saturated carbocycles. The molecule has 0 unspecified atom stereocenters. The molecule has 0 radical (unpaired) electrons. The first-order chi connectivity index (χ1) is 15.7. The summed E-state index contributed by atoms with van der Waals surface area (Å²) in [5, 5.41) is 5.83. The smallest absolute Gasteiger partial charge is 0.283 e. The summed E-state index contributed by atoms with van der Waals surface area (Å²) in [7, 11) is 0. The average Bonchev–Trinajstić information content (AvgIpc) is 2.97. The first-order valence-electron chi connectivity index (χ1n) is 9.42. The Morgan fingerprint density at radius 2 is 1.45 bits per heavy atom. The number of carbonyl (C=O) groups is 3. The van der Waals surface area contributed by atoms with Crippen LogP contribution < -0.4 is 15.5 Å². The van der Waals surface area contributed by atoms with Crippen molar-refractivity contribution in [1.82, 2.24) is 0 Å². The Kier molecular flexibility index (Phi) is 6.37. The number of hydrogen-bond donors (Lipinski definition) is 2. The molecule has 1 aliphatic heterocycles. The van der Waals surface area contributed by atoms with Crippen LogP contribution >= 0.6 is 34.8 Å². The van der Waals surface area contributed by atoms with Gasteiger partial charge in [0.25, 0.3) is 17.7 Å². The molecule has 0 bridgehead atoms. The first-order valence-corrected chi connectivity index (χ1v) is 10.6. The molecule has 0 atom stereocenters. The molecule has 6 nitrogen and oxygen atoms in total. The van der Waals surface area contributed by atoms with Gasteiger partial charge in [-0.25, -0.2) is 9.29 Å². The van der Waals surface area contributed by atoms with Crippen molar-refractivity contribution in [3.63, 3.8) is 0 Å². The number of carbonyl (C=O) groups excluding carboxylic acids is 3. The van der Waals surface area contributed by atoms with Crippen molar-refractivity contribution in [3.05, 3.63) is 98.9 Å². The highest BCUT2D eigenvalue weighted by atomic mass is 35.5. The van der Waals surface area contributed by atoms with Crippen molar-refractivity contribution in [3.8, 4) is 0 Å². The fourth-order valence-corrected chi connectivity index (χ4v) is 3.88. The molecule has 1 heterocycles. The summed E-state index contributed by atoms with van der Waals surface area (Å²) in [6, 6.07) is 16.1. The zero-order valence-corrected chi connectivity index (χ0v) is 18.8. The van der Waals surface area contributed by atoms with E-state index < -0.39 is 23.5 Å². The van der Waals surface area contributed by atoms with Gasteiger partial charge >= 0.3 is 0 Å². The number of amides is 3. The highest BCUT2D eigenvalue weighted by Gasteiger charge is 2.40. The Bertz CT molecular complexity index is 1310. The minimum atomic E-state index is -0.842. The van der Waals surface area contributed by atoms with Crippen LogP contribution in [0.1, 0.15) is 10.4 Å². The molecular weight excluding hydrogens is 492 g/mol. The molecule has 166 valence electrons. The largest absolute Gasteiger partial charge is 0.350 e. The topological polar surface area (TPSA) is 78.5 Å². The fraction of sp³-hybridized carbons (Fsp3) is 0. The van der Waals surface area contributed by atoms with Gasteiger partial charge in [-0.15, -0.1) is 0 Å². The van der Waals surface area contributed by atoms with Crippen LogP contribution in [-0.4, -0.2) is 17.7 Å². The van der Waals surface area contributed by atoms with Crippen LogP contribution in [0.3, 0.4) is 0 Å². The van der Waals surface area contributed by atoms with E-state index in [0.29, 0.717) is 31.9 Å². The molecule has 3 aromatic carbocycles. The Balaban J connectivity index is 1.49. The lowest BCUT2D eigenvalue weighted by Gasteiger charge is -2.15. The van der Waals surface area contributed by atoms with E-state index >= 15 is 0 Å². The van der Waals surface area contributed by atoms with Gasteiger partial charge < -0.3 is 10.6 Å². The third-order valence-electron chi connectivity index (χ3n) is 4.66.